The lowest BCUT2D eigenvalue weighted by Crippen LogP contribution is -2.17. The molecule has 162 valence electrons. The van der Waals surface area contributed by atoms with Crippen molar-refractivity contribution in [3.63, 3.8) is 0 Å². The van der Waals surface area contributed by atoms with Crippen molar-refractivity contribution in [3.05, 3.63) is 81.8 Å². The monoisotopic (exact) mass is 510 g/mol. The molecule has 0 fully saturated rings. The quantitative estimate of drug-likeness (QED) is 0.182. The standard InChI is InChI=1S/C23H19BrN4O3S/c1-31-20-11-15(10-17(24)21(20)29)12-25-28-22(30)16-8-6-14(7-9-16)13-32-23-26-18-4-2-3-5-19(18)27-23/h2-12,29H,13H2,1H3,(H,26,27)(H,28,30). The van der Waals surface area contributed by atoms with Crippen molar-refractivity contribution in [2.45, 2.75) is 10.9 Å². The maximum absolute atomic E-state index is 12.4. The van der Waals surface area contributed by atoms with Gasteiger partial charge in [0.25, 0.3) is 5.91 Å². The van der Waals surface area contributed by atoms with Gasteiger partial charge in [-0.1, -0.05) is 36.0 Å². The number of para-hydroxylation sites is 2. The number of H-pyrrole nitrogens is 1. The molecular weight excluding hydrogens is 492 g/mol. The van der Waals surface area contributed by atoms with Crippen molar-refractivity contribution >= 4 is 50.8 Å². The molecule has 0 saturated heterocycles. The highest BCUT2D eigenvalue weighted by molar-refractivity contribution is 9.10. The van der Waals surface area contributed by atoms with Gasteiger partial charge in [-0.15, -0.1) is 0 Å². The molecule has 32 heavy (non-hydrogen) atoms. The number of nitrogens with zero attached hydrogens (tertiary/aromatic N) is 2. The van der Waals surface area contributed by atoms with E-state index in [9.17, 15) is 9.90 Å². The molecule has 0 atom stereocenters. The first-order valence-electron chi connectivity index (χ1n) is 9.60. The highest BCUT2D eigenvalue weighted by Gasteiger charge is 2.09. The third kappa shape index (κ3) is 5.12. The Balaban J connectivity index is 1.33. The Kier molecular flexibility index (Phi) is 6.77. The van der Waals surface area contributed by atoms with E-state index in [2.05, 4.69) is 36.4 Å². The Morgan fingerprint density at radius 3 is 2.78 bits per heavy atom. The highest BCUT2D eigenvalue weighted by atomic mass is 79.9. The number of carbonyl (C=O) groups excluding carboxylic acids is 1. The van der Waals surface area contributed by atoms with Crippen molar-refractivity contribution in [2.24, 2.45) is 5.10 Å². The summed E-state index contributed by atoms with van der Waals surface area (Å²) in [6, 6.07) is 18.6. The summed E-state index contributed by atoms with van der Waals surface area (Å²) in [4.78, 5) is 20.2. The summed E-state index contributed by atoms with van der Waals surface area (Å²) in [7, 11) is 1.46. The number of hydrogen-bond acceptors (Lipinski definition) is 6. The Hall–Kier alpha value is -3.30. The van der Waals surface area contributed by atoms with Gasteiger partial charge in [0.1, 0.15) is 0 Å². The minimum atomic E-state index is -0.317. The van der Waals surface area contributed by atoms with Gasteiger partial charge in [0.05, 0.1) is 28.8 Å². The first-order valence-corrected chi connectivity index (χ1v) is 11.4. The van der Waals surface area contributed by atoms with Gasteiger partial charge in [0, 0.05) is 11.3 Å². The molecule has 0 spiro atoms. The maximum Gasteiger partial charge on any atom is 0.271 e. The SMILES string of the molecule is COc1cc(C=NNC(=O)c2ccc(CSc3nc4ccccc4[nH]3)cc2)cc(Br)c1O. The van der Waals surface area contributed by atoms with E-state index >= 15 is 0 Å². The highest BCUT2D eigenvalue weighted by Crippen LogP contribution is 2.34. The fourth-order valence-electron chi connectivity index (χ4n) is 2.96. The molecule has 1 amide bonds. The summed E-state index contributed by atoms with van der Waals surface area (Å²) < 4.78 is 5.57. The number of hydrazone groups is 1. The zero-order chi connectivity index (χ0) is 22.5. The molecule has 3 aromatic carbocycles. The van der Waals surface area contributed by atoms with Crippen molar-refractivity contribution in [1.29, 1.82) is 0 Å². The van der Waals surface area contributed by atoms with E-state index in [-0.39, 0.29) is 11.7 Å². The lowest BCUT2D eigenvalue weighted by Gasteiger charge is -2.06. The van der Waals surface area contributed by atoms with Gasteiger partial charge < -0.3 is 14.8 Å². The van der Waals surface area contributed by atoms with Crippen LogP contribution < -0.4 is 10.2 Å². The van der Waals surface area contributed by atoms with Gasteiger partial charge in [-0.05, 0) is 63.5 Å². The molecule has 7 nitrogen and oxygen atoms in total. The average molecular weight is 511 g/mol. The summed E-state index contributed by atoms with van der Waals surface area (Å²) in [6.45, 7) is 0. The summed E-state index contributed by atoms with van der Waals surface area (Å²) in [5, 5.41) is 14.7. The van der Waals surface area contributed by atoms with E-state index in [1.807, 2.05) is 36.4 Å². The number of phenols is 1. The second kappa shape index (κ2) is 9.88. The number of phenolic OH excluding ortho intramolecular Hbond substituents is 1. The number of fused-ring (bicyclic) bond motifs is 1. The fourth-order valence-corrected chi connectivity index (χ4v) is 4.26. The Labute approximate surface area is 197 Å². The maximum atomic E-state index is 12.4. The fraction of sp³-hybridized carbons (Fsp3) is 0.0870. The van der Waals surface area contributed by atoms with Crippen LogP contribution in [0.15, 0.2) is 75.4 Å². The smallest absolute Gasteiger partial charge is 0.271 e. The Bertz CT molecular complexity index is 1260. The summed E-state index contributed by atoms with van der Waals surface area (Å²) in [5.41, 5.74) is 6.70. The van der Waals surface area contributed by atoms with Gasteiger partial charge in [0.15, 0.2) is 16.7 Å². The number of ether oxygens (including phenoxy) is 1. The van der Waals surface area contributed by atoms with Crippen LogP contribution in [0, 0.1) is 0 Å². The first kappa shape index (κ1) is 21.9. The molecule has 1 aromatic heterocycles. The van der Waals surface area contributed by atoms with Gasteiger partial charge in [0.2, 0.25) is 0 Å². The second-order valence-corrected chi connectivity index (χ2v) is 8.62. The van der Waals surface area contributed by atoms with Crippen LogP contribution in [0.3, 0.4) is 0 Å². The minimum Gasteiger partial charge on any atom is -0.503 e. The molecule has 0 aliphatic rings. The number of aromatic amines is 1. The second-order valence-electron chi connectivity index (χ2n) is 6.80. The predicted molar refractivity (Wildman–Crippen MR) is 130 cm³/mol. The lowest BCUT2D eigenvalue weighted by atomic mass is 10.1. The lowest BCUT2D eigenvalue weighted by molar-refractivity contribution is 0.0955. The van der Waals surface area contributed by atoms with Crippen LogP contribution in [-0.4, -0.2) is 34.3 Å². The number of aromatic nitrogens is 2. The molecule has 9 heteroatoms. The molecule has 0 aliphatic heterocycles. The number of rotatable bonds is 7. The third-order valence-electron chi connectivity index (χ3n) is 4.61. The van der Waals surface area contributed by atoms with Crippen LogP contribution in [0.5, 0.6) is 11.5 Å². The molecule has 0 aliphatic carbocycles. The van der Waals surface area contributed by atoms with Crippen molar-refractivity contribution in [1.82, 2.24) is 15.4 Å². The molecule has 0 saturated carbocycles. The Morgan fingerprint density at radius 2 is 2.03 bits per heavy atom. The van der Waals surface area contributed by atoms with E-state index in [0.29, 0.717) is 21.3 Å². The van der Waals surface area contributed by atoms with Crippen molar-refractivity contribution in [3.8, 4) is 11.5 Å². The van der Waals surface area contributed by atoms with Crippen LogP contribution in [0.4, 0.5) is 0 Å². The van der Waals surface area contributed by atoms with E-state index < -0.39 is 0 Å². The number of aromatic hydroxyl groups is 1. The topological polar surface area (TPSA) is 99.6 Å². The summed E-state index contributed by atoms with van der Waals surface area (Å²) in [6.07, 6.45) is 1.48. The average Bonchev–Trinajstić information content (AvgIpc) is 3.23. The normalized spacial score (nSPS) is 11.2. The number of benzene rings is 3. The number of thioether (sulfide) groups is 1. The van der Waals surface area contributed by atoms with Crippen molar-refractivity contribution in [2.75, 3.05) is 7.11 Å². The summed E-state index contributed by atoms with van der Waals surface area (Å²) >= 11 is 4.86. The van der Waals surface area contributed by atoms with Crippen LogP contribution in [-0.2, 0) is 5.75 Å². The van der Waals surface area contributed by atoms with E-state index in [4.69, 9.17) is 4.74 Å². The van der Waals surface area contributed by atoms with E-state index in [1.165, 1.54) is 13.3 Å². The zero-order valence-corrected chi connectivity index (χ0v) is 19.4. The number of halogens is 1. The number of methoxy groups -OCH3 is 1. The number of amides is 1. The number of imidazole rings is 1. The molecule has 1 heterocycles. The third-order valence-corrected chi connectivity index (χ3v) is 6.16. The van der Waals surface area contributed by atoms with Crippen LogP contribution in [0.2, 0.25) is 0 Å². The first-order chi connectivity index (χ1) is 15.5. The molecule has 0 bridgehead atoms. The van der Waals surface area contributed by atoms with Crippen LogP contribution in [0.1, 0.15) is 21.5 Å². The largest absolute Gasteiger partial charge is 0.503 e. The summed E-state index contributed by atoms with van der Waals surface area (Å²) in [5.74, 6) is 0.732. The molecular formula is C23H19BrN4O3S. The minimum absolute atomic E-state index is 0.00672. The van der Waals surface area contributed by atoms with Gasteiger partial charge in [-0.25, -0.2) is 10.4 Å². The van der Waals surface area contributed by atoms with Gasteiger partial charge in [-0.2, -0.15) is 5.10 Å². The number of hydrogen-bond donors (Lipinski definition) is 3. The van der Waals surface area contributed by atoms with Crippen LogP contribution >= 0.6 is 27.7 Å². The zero-order valence-electron chi connectivity index (χ0n) is 17.0. The van der Waals surface area contributed by atoms with Gasteiger partial charge >= 0.3 is 0 Å². The number of nitrogens with one attached hydrogen (secondary N) is 2. The molecule has 3 N–H and O–H groups in total. The van der Waals surface area contributed by atoms with E-state index in [0.717, 1.165) is 27.5 Å². The number of carbonyl (C=O) groups is 1. The molecule has 0 radical (unpaired) electrons. The van der Waals surface area contributed by atoms with Crippen molar-refractivity contribution < 1.29 is 14.6 Å². The van der Waals surface area contributed by atoms with E-state index in [1.54, 1.807) is 36.0 Å². The predicted octanol–water partition coefficient (Wildman–Crippen LogP) is 5.10. The Morgan fingerprint density at radius 1 is 1.25 bits per heavy atom. The van der Waals surface area contributed by atoms with Crippen LogP contribution in [0.25, 0.3) is 11.0 Å². The molecule has 4 rings (SSSR count). The molecule has 4 aromatic rings. The molecule has 0 unspecified atom stereocenters. The van der Waals surface area contributed by atoms with Gasteiger partial charge in [-0.3, -0.25) is 4.79 Å².